The van der Waals surface area contributed by atoms with Crippen molar-refractivity contribution in [2.24, 2.45) is 0 Å². The number of carbonyl (C=O) groups excluding carboxylic acids is 1. The summed E-state index contributed by atoms with van der Waals surface area (Å²) < 4.78 is 4.83. The Labute approximate surface area is 70.7 Å². The van der Waals surface area contributed by atoms with Gasteiger partial charge in [-0.05, 0) is 12.1 Å². The van der Waals surface area contributed by atoms with Gasteiger partial charge < -0.3 is 4.74 Å². The first-order chi connectivity index (χ1) is 5.72. The van der Waals surface area contributed by atoms with Gasteiger partial charge in [-0.25, -0.2) is 0 Å². The summed E-state index contributed by atoms with van der Waals surface area (Å²) in [5.41, 5.74) is 0.689. The van der Waals surface area contributed by atoms with Gasteiger partial charge >= 0.3 is 5.97 Å². The van der Waals surface area contributed by atoms with Crippen LogP contribution in [0.25, 0.3) is 6.08 Å². The van der Waals surface area contributed by atoms with Crippen LogP contribution < -0.4 is 4.74 Å². The third kappa shape index (κ3) is 2.20. The van der Waals surface area contributed by atoms with Gasteiger partial charge in [-0.3, -0.25) is 9.78 Å². The number of nitrogens with zero attached hydrogens (tertiary/aromatic N) is 1. The fourth-order valence-electron chi connectivity index (χ4n) is 0.769. The molecule has 1 aromatic heterocycles. The lowest BCUT2D eigenvalue weighted by Crippen LogP contribution is -2.01. The largest absolute Gasteiger partial charge is 0.427 e. The molecule has 1 aromatic rings. The van der Waals surface area contributed by atoms with Crippen LogP contribution in [0.15, 0.2) is 24.9 Å². The highest BCUT2D eigenvalue weighted by Crippen LogP contribution is 2.11. The Bertz CT molecular complexity index is 307. The molecule has 12 heavy (non-hydrogen) atoms. The van der Waals surface area contributed by atoms with Crippen molar-refractivity contribution in [2.45, 2.75) is 6.92 Å². The third-order valence-electron chi connectivity index (χ3n) is 1.22. The Hall–Kier alpha value is -1.64. The standard InChI is InChI=1S/C9H9NO2/c1-3-8-6-9(4-5-10-8)12-7(2)11/h3-6H,1H2,2H3. The molecule has 0 saturated carbocycles. The summed E-state index contributed by atoms with van der Waals surface area (Å²) >= 11 is 0. The Morgan fingerprint density at radius 1 is 1.75 bits per heavy atom. The van der Waals surface area contributed by atoms with Crippen LogP contribution in [0.1, 0.15) is 12.6 Å². The highest BCUT2D eigenvalue weighted by molar-refractivity contribution is 5.69. The van der Waals surface area contributed by atoms with E-state index in [1.165, 1.54) is 6.92 Å². The lowest BCUT2D eigenvalue weighted by Gasteiger charge is -2.00. The fraction of sp³-hybridized carbons (Fsp3) is 0.111. The average molecular weight is 163 g/mol. The zero-order valence-electron chi connectivity index (χ0n) is 6.78. The van der Waals surface area contributed by atoms with E-state index in [9.17, 15) is 4.79 Å². The van der Waals surface area contributed by atoms with Gasteiger partial charge in [0.05, 0.1) is 5.69 Å². The second kappa shape index (κ2) is 3.67. The number of aromatic nitrogens is 1. The first kappa shape index (κ1) is 8.46. The second-order valence-corrected chi connectivity index (χ2v) is 2.21. The maximum absolute atomic E-state index is 10.5. The molecule has 1 heterocycles. The minimum Gasteiger partial charge on any atom is -0.427 e. The Kier molecular flexibility index (Phi) is 2.58. The topological polar surface area (TPSA) is 39.2 Å². The van der Waals surface area contributed by atoms with Crippen LogP contribution in [0.4, 0.5) is 0 Å². The molecule has 0 aromatic carbocycles. The van der Waals surface area contributed by atoms with Crippen LogP contribution in [-0.4, -0.2) is 11.0 Å². The van der Waals surface area contributed by atoms with Crippen molar-refractivity contribution in [2.75, 3.05) is 0 Å². The summed E-state index contributed by atoms with van der Waals surface area (Å²) in [6.07, 6.45) is 3.16. The average Bonchev–Trinajstić information content (AvgIpc) is 2.03. The summed E-state index contributed by atoms with van der Waals surface area (Å²) in [4.78, 5) is 14.5. The van der Waals surface area contributed by atoms with Crippen LogP contribution in [0.3, 0.4) is 0 Å². The van der Waals surface area contributed by atoms with Crippen LogP contribution in [-0.2, 0) is 4.79 Å². The van der Waals surface area contributed by atoms with E-state index in [0.29, 0.717) is 11.4 Å². The maximum Gasteiger partial charge on any atom is 0.308 e. The van der Waals surface area contributed by atoms with Crippen molar-refractivity contribution in [1.82, 2.24) is 4.98 Å². The minimum absolute atomic E-state index is 0.337. The number of pyridine rings is 1. The first-order valence-electron chi connectivity index (χ1n) is 3.49. The van der Waals surface area contributed by atoms with Crippen molar-refractivity contribution >= 4 is 12.0 Å². The molecule has 62 valence electrons. The zero-order chi connectivity index (χ0) is 8.97. The van der Waals surface area contributed by atoms with E-state index in [4.69, 9.17) is 4.74 Å². The molecule has 3 nitrogen and oxygen atoms in total. The number of esters is 1. The summed E-state index contributed by atoms with van der Waals surface area (Å²) in [7, 11) is 0. The van der Waals surface area contributed by atoms with Crippen LogP contribution in [0.5, 0.6) is 5.75 Å². The molecule has 1 rings (SSSR count). The van der Waals surface area contributed by atoms with Gasteiger partial charge in [0.2, 0.25) is 0 Å². The van der Waals surface area contributed by atoms with Gasteiger partial charge in [0.15, 0.2) is 0 Å². The number of ether oxygens (including phenoxy) is 1. The molecular formula is C9H9NO2. The van der Waals surface area contributed by atoms with Crippen molar-refractivity contribution < 1.29 is 9.53 Å². The Morgan fingerprint density at radius 3 is 3.08 bits per heavy atom. The Balaban J connectivity index is 2.86. The van der Waals surface area contributed by atoms with E-state index in [-0.39, 0.29) is 5.97 Å². The molecule has 0 bridgehead atoms. The van der Waals surface area contributed by atoms with Gasteiger partial charge in [0.1, 0.15) is 5.75 Å². The first-order valence-corrected chi connectivity index (χ1v) is 3.49. The molecule has 0 saturated heterocycles. The van der Waals surface area contributed by atoms with Crippen molar-refractivity contribution in [3.8, 4) is 5.75 Å². The molecule has 0 fully saturated rings. The van der Waals surface area contributed by atoms with Crippen molar-refractivity contribution in [3.63, 3.8) is 0 Å². The van der Waals surface area contributed by atoms with Crippen LogP contribution >= 0.6 is 0 Å². The van der Waals surface area contributed by atoms with Gasteiger partial charge in [-0.2, -0.15) is 0 Å². The summed E-state index contributed by atoms with van der Waals surface area (Å²) in [5.74, 6) is 0.156. The number of hydrogen-bond acceptors (Lipinski definition) is 3. The molecule has 0 spiro atoms. The fourth-order valence-corrected chi connectivity index (χ4v) is 0.769. The maximum atomic E-state index is 10.5. The molecule has 0 atom stereocenters. The van der Waals surface area contributed by atoms with E-state index < -0.39 is 0 Å². The highest BCUT2D eigenvalue weighted by atomic mass is 16.5. The van der Waals surface area contributed by atoms with E-state index in [2.05, 4.69) is 11.6 Å². The number of hydrogen-bond donors (Lipinski definition) is 0. The van der Waals surface area contributed by atoms with E-state index in [1.54, 1.807) is 24.4 Å². The van der Waals surface area contributed by atoms with Gasteiger partial charge in [0, 0.05) is 19.2 Å². The third-order valence-corrected chi connectivity index (χ3v) is 1.22. The van der Waals surface area contributed by atoms with Crippen LogP contribution in [0, 0.1) is 0 Å². The molecule has 0 aliphatic carbocycles. The number of rotatable bonds is 2. The summed E-state index contributed by atoms with van der Waals surface area (Å²) in [6, 6.07) is 3.27. The highest BCUT2D eigenvalue weighted by Gasteiger charge is 1.97. The molecule has 0 aliphatic heterocycles. The SMILES string of the molecule is C=Cc1cc(OC(C)=O)ccn1. The van der Waals surface area contributed by atoms with Gasteiger partial charge in [0.25, 0.3) is 0 Å². The number of carbonyl (C=O) groups is 1. The van der Waals surface area contributed by atoms with E-state index in [0.717, 1.165) is 0 Å². The lowest BCUT2D eigenvalue weighted by atomic mass is 10.3. The van der Waals surface area contributed by atoms with Crippen molar-refractivity contribution in [3.05, 3.63) is 30.6 Å². The van der Waals surface area contributed by atoms with Gasteiger partial charge in [-0.1, -0.05) is 6.58 Å². The second-order valence-electron chi connectivity index (χ2n) is 2.21. The smallest absolute Gasteiger partial charge is 0.308 e. The predicted octanol–water partition coefficient (Wildman–Crippen LogP) is 1.65. The zero-order valence-corrected chi connectivity index (χ0v) is 6.78. The minimum atomic E-state index is -0.337. The molecule has 0 amide bonds. The van der Waals surface area contributed by atoms with E-state index in [1.807, 2.05) is 0 Å². The van der Waals surface area contributed by atoms with E-state index >= 15 is 0 Å². The summed E-state index contributed by atoms with van der Waals surface area (Å²) in [5, 5.41) is 0. The Morgan fingerprint density at radius 2 is 2.50 bits per heavy atom. The monoisotopic (exact) mass is 163 g/mol. The molecule has 0 aliphatic rings. The summed E-state index contributed by atoms with van der Waals surface area (Å²) in [6.45, 7) is 4.90. The van der Waals surface area contributed by atoms with Gasteiger partial charge in [-0.15, -0.1) is 0 Å². The quantitative estimate of drug-likeness (QED) is 0.622. The van der Waals surface area contributed by atoms with Crippen LogP contribution in [0.2, 0.25) is 0 Å². The molecule has 0 radical (unpaired) electrons. The predicted molar refractivity (Wildman–Crippen MR) is 45.6 cm³/mol. The molecular weight excluding hydrogens is 154 g/mol. The molecule has 0 N–H and O–H groups in total. The normalized spacial score (nSPS) is 9.08. The lowest BCUT2D eigenvalue weighted by molar-refractivity contribution is -0.131. The van der Waals surface area contributed by atoms with Crippen molar-refractivity contribution in [1.29, 1.82) is 0 Å². The molecule has 3 heteroatoms. The molecule has 0 unspecified atom stereocenters.